The maximum atomic E-state index is 12.1. The Morgan fingerprint density at radius 1 is 1.08 bits per heavy atom. The Balaban J connectivity index is 1.69. The summed E-state index contributed by atoms with van der Waals surface area (Å²) in [6.07, 6.45) is 4.28. The molecule has 2 aromatic rings. The van der Waals surface area contributed by atoms with Crippen LogP contribution in [-0.2, 0) is 9.59 Å². The van der Waals surface area contributed by atoms with Crippen LogP contribution in [0.15, 0.2) is 48.5 Å². The molecule has 3 rings (SSSR count). The molecule has 2 aromatic carbocycles. The summed E-state index contributed by atoms with van der Waals surface area (Å²) in [5.41, 5.74) is 2.92. The summed E-state index contributed by atoms with van der Waals surface area (Å²) < 4.78 is 0. The van der Waals surface area contributed by atoms with Gasteiger partial charge in [-0.25, -0.2) is 0 Å². The van der Waals surface area contributed by atoms with Gasteiger partial charge in [-0.2, -0.15) is 0 Å². The molecule has 128 valence electrons. The molecule has 1 atom stereocenters. The molecular weight excluding hydrogens is 336 g/mol. The predicted octanol–water partition coefficient (Wildman–Crippen LogP) is 3.61. The number of nitrogens with zero attached hydrogens (tertiary/aromatic N) is 1. The van der Waals surface area contributed by atoms with E-state index in [1.807, 2.05) is 60.7 Å². The molecule has 0 saturated carbocycles. The normalized spacial score (nSPS) is 17.3. The second-order valence-corrected chi connectivity index (χ2v) is 6.43. The zero-order chi connectivity index (χ0) is 17.8. The van der Waals surface area contributed by atoms with Gasteiger partial charge in [0.05, 0.1) is 5.92 Å². The van der Waals surface area contributed by atoms with Gasteiger partial charge >= 0.3 is 0 Å². The van der Waals surface area contributed by atoms with Gasteiger partial charge < -0.3 is 10.2 Å². The largest absolute Gasteiger partial charge is 0.359 e. The molecule has 1 fully saturated rings. The minimum Gasteiger partial charge on any atom is -0.359 e. The first-order valence-corrected chi connectivity index (χ1v) is 8.50. The zero-order valence-corrected chi connectivity index (χ0v) is 14.7. The van der Waals surface area contributed by atoms with Crippen molar-refractivity contribution in [3.63, 3.8) is 0 Å². The van der Waals surface area contributed by atoms with Gasteiger partial charge in [0.15, 0.2) is 0 Å². The predicted molar refractivity (Wildman–Crippen MR) is 101 cm³/mol. The average Bonchev–Trinajstić information content (AvgIpc) is 3.03. The molecule has 0 radical (unpaired) electrons. The van der Waals surface area contributed by atoms with Crippen molar-refractivity contribution in [3.05, 3.63) is 64.7 Å². The van der Waals surface area contributed by atoms with Gasteiger partial charge in [0.2, 0.25) is 11.8 Å². The average molecular weight is 355 g/mol. The third-order valence-corrected chi connectivity index (χ3v) is 4.54. The summed E-state index contributed by atoms with van der Waals surface area (Å²) in [5.74, 6) is -0.376. The van der Waals surface area contributed by atoms with E-state index in [1.54, 1.807) is 11.9 Å². The quantitative estimate of drug-likeness (QED) is 0.853. The van der Waals surface area contributed by atoms with Gasteiger partial charge in [-0.1, -0.05) is 48.0 Å². The summed E-state index contributed by atoms with van der Waals surface area (Å²) in [4.78, 5) is 25.5. The minimum absolute atomic E-state index is 0.0157. The van der Waals surface area contributed by atoms with E-state index in [-0.39, 0.29) is 24.2 Å². The third kappa shape index (κ3) is 4.09. The number of nitrogens with one attached hydrogen (secondary N) is 1. The summed E-state index contributed by atoms with van der Waals surface area (Å²) >= 11 is 5.88. The first-order valence-electron chi connectivity index (χ1n) is 8.12. The smallest absolute Gasteiger partial charge is 0.227 e. The number of anilines is 1. The standard InChI is InChI=1S/C20H19ClN2O2/c1-22-20(25)16-12-19(24)23(13-16)18-10-6-15(7-11-18)3-2-14-4-8-17(21)9-5-14/h2-11,16H,12-13H2,1H3,(H,22,25). The number of carbonyl (C=O) groups excluding carboxylic acids is 2. The topological polar surface area (TPSA) is 49.4 Å². The Kier molecular flexibility index (Phi) is 5.19. The molecule has 1 heterocycles. The molecule has 0 aromatic heterocycles. The van der Waals surface area contributed by atoms with Crippen LogP contribution in [0, 0.1) is 5.92 Å². The number of carbonyl (C=O) groups is 2. The maximum Gasteiger partial charge on any atom is 0.227 e. The molecule has 0 spiro atoms. The highest BCUT2D eigenvalue weighted by atomic mass is 35.5. The van der Waals surface area contributed by atoms with Crippen LogP contribution in [0.2, 0.25) is 5.02 Å². The van der Waals surface area contributed by atoms with Crippen molar-refractivity contribution in [3.8, 4) is 0 Å². The Labute approximate surface area is 152 Å². The van der Waals surface area contributed by atoms with E-state index in [9.17, 15) is 9.59 Å². The van der Waals surface area contributed by atoms with Gasteiger partial charge in [-0.05, 0) is 35.4 Å². The van der Waals surface area contributed by atoms with Crippen molar-refractivity contribution in [2.45, 2.75) is 6.42 Å². The second-order valence-electron chi connectivity index (χ2n) is 6.00. The molecule has 25 heavy (non-hydrogen) atoms. The number of rotatable bonds is 4. The molecular formula is C20H19ClN2O2. The molecule has 1 unspecified atom stereocenters. The van der Waals surface area contributed by atoms with Crippen molar-refractivity contribution in [2.24, 2.45) is 5.92 Å². The van der Waals surface area contributed by atoms with Gasteiger partial charge in [0, 0.05) is 30.7 Å². The molecule has 1 aliphatic heterocycles. The third-order valence-electron chi connectivity index (χ3n) is 4.29. The van der Waals surface area contributed by atoms with Crippen LogP contribution in [0.3, 0.4) is 0 Å². The van der Waals surface area contributed by atoms with E-state index in [0.717, 1.165) is 16.8 Å². The van der Waals surface area contributed by atoms with Gasteiger partial charge in [0.1, 0.15) is 0 Å². The van der Waals surface area contributed by atoms with E-state index in [2.05, 4.69) is 5.32 Å². The van der Waals surface area contributed by atoms with E-state index in [0.29, 0.717) is 11.6 Å². The van der Waals surface area contributed by atoms with E-state index >= 15 is 0 Å². The second kappa shape index (κ2) is 7.53. The highest BCUT2D eigenvalue weighted by molar-refractivity contribution is 6.30. The summed E-state index contributed by atoms with van der Waals surface area (Å²) in [5, 5.41) is 3.32. The van der Waals surface area contributed by atoms with Gasteiger partial charge in [0.25, 0.3) is 0 Å². The van der Waals surface area contributed by atoms with Gasteiger partial charge in [-0.3, -0.25) is 9.59 Å². The highest BCUT2D eigenvalue weighted by Crippen LogP contribution is 2.26. The molecule has 1 saturated heterocycles. The van der Waals surface area contributed by atoms with Crippen LogP contribution < -0.4 is 10.2 Å². The first-order chi connectivity index (χ1) is 12.1. The van der Waals surface area contributed by atoms with Crippen LogP contribution in [0.5, 0.6) is 0 Å². The monoisotopic (exact) mass is 354 g/mol. The Bertz CT molecular complexity index is 797. The molecule has 0 bridgehead atoms. The molecule has 1 N–H and O–H groups in total. The van der Waals surface area contributed by atoms with Crippen molar-refractivity contribution in [2.75, 3.05) is 18.5 Å². The highest BCUT2D eigenvalue weighted by Gasteiger charge is 2.34. The number of hydrogen-bond acceptors (Lipinski definition) is 2. The minimum atomic E-state index is -0.276. The summed E-state index contributed by atoms with van der Waals surface area (Å²) in [7, 11) is 1.59. The van der Waals surface area contributed by atoms with E-state index < -0.39 is 0 Å². The Hall–Kier alpha value is -2.59. The fraction of sp³-hybridized carbons (Fsp3) is 0.200. The fourth-order valence-corrected chi connectivity index (χ4v) is 2.99. The SMILES string of the molecule is CNC(=O)C1CC(=O)N(c2ccc(C=Cc3ccc(Cl)cc3)cc2)C1. The van der Waals surface area contributed by atoms with E-state index in [4.69, 9.17) is 11.6 Å². The lowest BCUT2D eigenvalue weighted by atomic mass is 10.1. The molecule has 2 amide bonds. The first kappa shape index (κ1) is 17.2. The lowest BCUT2D eigenvalue weighted by Crippen LogP contribution is -2.30. The lowest BCUT2D eigenvalue weighted by Gasteiger charge is -2.16. The van der Waals surface area contributed by atoms with Crippen LogP contribution in [0.1, 0.15) is 17.5 Å². The van der Waals surface area contributed by atoms with Crippen molar-refractivity contribution >= 4 is 41.3 Å². The molecule has 5 heteroatoms. The number of benzene rings is 2. The van der Waals surface area contributed by atoms with Crippen molar-refractivity contribution in [1.82, 2.24) is 5.32 Å². The van der Waals surface area contributed by atoms with Crippen LogP contribution in [0.4, 0.5) is 5.69 Å². The summed E-state index contributed by atoms with van der Waals surface area (Å²) in [6, 6.07) is 15.4. The number of amides is 2. The van der Waals surface area contributed by atoms with Crippen molar-refractivity contribution < 1.29 is 9.59 Å². The fourth-order valence-electron chi connectivity index (χ4n) is 2.87. The Morgan fingerprint density at radius 3 is 2.20 bits per heavy atom. The van der Waals surface area contributed by atoms with Crippen LogP contribution in [0.25, 0.3) is 12.2 Å². The lowest BCUT2D eigenvalue weighted by molar-refractivity contribution is -0.125. The maximum absolute atomic E-state index is 12.1. The van der Waals surface area contributed by atoms with Gasteiger partial charge in [-0.15, -0.1) is 0 Å². The zero-order valence-electron chi connectivity index (χ0n) is 13.9. The molecule has 0 aliphatic carbocycles. The molecule has 4 nitrogen and oxygen atoms in total. The van der Waals surface area contributed by atoms with Crippen LogP contribution >= 0.6 is 11.6 Å². The molecule has 1 aliphatic rings. The van der Waals surface area contributed by atoms with Crippen molar-refractivity contribution in [1.29, 1.82) is 0 Å². The number of hydrogen-bond donors (Lipinski definition) is 1. The number of halogens is 1. The van der Waals surface area contributed by atoms with E-state index in [1.165, 1.54) is 0 Å². The summed E-state index contributed by atoms with van der Waals surface area (Å²) in [6.45, 7) is 0.429. The Morgan fingerprint density at radius 2 is 1.64 bits per heavy atom. The van der Waals surface area contributed by atoms with Crippen LogP contribution in [-0.4, -0.2) is 25.4 Å².